The lowest BCUT2D eigenvalue weighted by Crippen LogP contribution is -2.43. The topological polar surface area (TPSA) is 61.5 Å². The maximum absolute atomic E-state index is 12.9. The standard InChI is InChI=1S/C19H24N4O2/c1-22-5-2-14(3-6-22)23-10-13-8-16-17(9-15(13)19(23)24)21-18(20-16)12-4-7-25-11-12/h8-9,12,14H,2-7,10-11H2,1H3,(H,20,21). The van der Waals surface area contributed by atoms with Gasteiger partial charge in [0.2, 0.25) is 0 Å². The summed E-state index contributed by atoms with van der Waals surface area (Å²) in [6, 6.07) is 4.48. The van der Waals surface area contributed by atoms with Gasteiger partial charge in [-0.15, -0.1) is 0 Å². The normalized spacial score (nSPS) is 25.2. The quantitative estimate of drug-likeness (QED) is 0.910. The van der Waals surface area contributed by atoms with Crippen LogP contribution in [0.15, 0.2) is 12.1 Å². The van der Waals surface area contributed by atoms with E-state index in [1.54, 1.807) is 0 Å². The van der Waals surface area contributed by atoms with Gasteiger partial charge >= 0.3 is 0 Å². The van der Waals surface area contributed by atoms with Crippen molar-refractivity contribution in [3.63, 3.8) is 0 Å². The number of H-pyrrole nitrogens is 1. The number of hydrogen-bond acceptors (Lipinski definition) is 4. The van der Waals surface area contributed by atoms with Crippen LogP contribution in [0.25, 0.3) is 11.0 Å². The number of rotatable bonds is 2. The lowest BCUT2D eigenvalue weighted by atomic mass is 10.0. The first-order chi connectivity index (χ1) is 12.2. The Morgan fingerprint density at radius 3 is 2.84 bits per heavy atom. The second-order valence-electron chi connectivity index (χ2n) is 7.68. The molecule has 3 aliphatic heterocycles. The number of nitrogens with one attached hydrogen (secondary N) is 1. The van der Waals surface area contributed by atoms with Crippen LogP contribution < -0.4 is 0 Å². The number of aromatic amines is 1. The van der Waals surface area contributed by atoms with Crippen LogP contribution in [-0.2, 0) is 11.3 Å². The van der Waals surface area contributed by atoms with Gasteiger partial charge in [0, 0.05) is 30.7 Å². The van der Waals surface area contributed by atoms with E-state index in [4.69, 9.17) is 9.72 Å². The van der Waals surface area contributed by atoms with Crippen molar-refractivity contribution in [3.05, 3.63) is 29.1 Å². The summed E-state index contributed by atoms with van der Waals surface area (Å²) < 4.78 is 5.47. The molecule has 1 amide bonds. The molecular weight excluding hydrogens is 316 g/mol. The van der Waals surface area contributed by atoms with Gasteiger partial charge in [0.1, 0.15) is 5.82 Å². The summed E-state index contributed by atoms with van der Waals surface area (Å²) in [7, 11) is 2.15. The van der Waals surface area contributed by atoms with Gasteiger partial charge in [-0.05, 0) is 57.1 Å². The summed E-state index contributed by atoms with van der Waals surface area (Å²) in [5.74, 6) is 1.53. The first kappa shape index (κ1) is 15.3. The lowest BCUT2D eigenvalue weighted by molar-refractivity contribution is 0.0617. The number of imidazole rings is 1. The number of hydrogen-bond donors (Lipinski definition) is 1. The summed E-state index contributed by atoms with van der Waals surface area (Å²) >= 11 is 0. The van der Waals surface area contributed by atoms with Gasteiger partial charge in [-0.2, -0.15) is 0 Å². The molecule has 0 saturated carbocycles. The second kappa shape index (κ2) is 5.81. The van der Waals surface area contributed by atoms with Crippen LogP contribution in [0.2, 0.25) is 0 Å². The minimum absolute atomic E-state index is 0.181. The zero-order chi connectivity index (χ0) is 17.0. The Bertz CT molecular complexity index is 816. The fraction of sp³-hybridized carbons (Fsp3) is 0.579. The Morgan fingerprint density at radius 1 is 1.24 bits per heavy atom. The minimum Gasteiger partial charge on any atom is -0.381 e. The molecule has 5 rings (SSSR count). The third-order valence-electron chi connectivity index (χ3n) is 6.00. The predicted molar refractivity (Wildman–Crippen MR) is 94.7 cm³/mol. The zero-order valence-corrected chi connectivity index (χ0v) is 14.6. The molecule has 132 valence electrons. The van der Waals surface area contributed by atoms with Gasteiger partial charge in [-0.3, -0.25) is 4.79 Å². The molecule has 6 nitrogen and oxygen atoms in total. The Kier molecular flexibility index (Phi) is 3.57. The van der Waals surface area contributed by atoms with Gasteiger partial charge in [0.05, 0.1) is 17.6 Å². The third kappa shape index (κ3) is 2.55. The Labute approximate surface area is 147 Å². The second-order valence-corrected chi connectivity index (χ2v) is 7.68. The van der Waals surface area contributed by atoms with Crippen molar-refractivity contribution >= 4 is 16.9 Å². The van der Waals surface area contributed by atoms with Crippen LogP contribution in [0, 0.1) is 0 Å². The van der Waals surface area contributed by atoms with E-state index in [0.29, 0.717) is 12.0 Å². The van der Waals surface area contributed by atoms with Gasteiger partial charge in [0.15, 0.2) is 0 Å². The SMILES string of the molecule is CN1CCC(N2Cc3cc4[nH]c(C5CCOC5)nc4cc3C2=O)CC1. The molecule has 1 atom stereocenters. The van der Waals surface area contributed by atoms with Crippen LogP contribution in [0.1, 0.15) is 46.9 Å². The van der Waals surface area contributed by atoms with Crippen LogP contribution in [0.4, 0.5) is 0 Å². The molecular formula is C19H24N4O2. The Hall–Kier alpha value is -1.92. The van der Waals surface area contributed by atoms with E-state index in [1.165, 1.54) is 0 Å². The minimum atomic E-state index is 0.181. The number of carbonyl (C=O) groups is 1. The largest absolute Gasteiger partial charge is 0.381 e. The highest BCUT2D eigenvalue weighted by Crippen LogP contribution is 2.32. The molecule has 6 heteroatoms. The molecule has 1 N–H and O–H groups in total. The summed E-state index contributed by atoms with van der Waals surface area (Å²) in [6.45, 7) is 4.42. The Balaban J connectivity index is 1.43. The van der Waals surface area contributed by atoms with Gasteiger partial charge in [0.25, 0.3) is 5.91 Å². The van der Waals surface area contributed by atoms with E-state index >= 15 is 0 Å². The molecule has 1 aromatic carbocycles. The average molecular weight is 340 g/mol. The monoisotopic (exact) mass is 340 g/mol. The van der Waals surface area contributed by atoms with Crippen molar-refractivity contribution in [3.8, 4) is 0 Å². The Morgan fingerprint density at radius 2 is 2.08 bits per heavy atom. The predicted octanol–water partition coefficient (Wildman–Crippen LogP) is 2.12. The van der Waals surface area contributed by atoms with Crippen molar-refractivity contribution in [2.45, 2.75) is 37.8 Å². The summed E-state index contributed by atoms with van der Waals surface area (Å²) in [6.07, 6.45) is 3.15. The maximum Gasteiger partial charge on any atom is 0.254 e. The summed E-state index contributed by atoms with van der Waals surface area (Å²) in [4.78, 5) is 25.5. The lowest BCUT2D eigenvalue weighted by Gasteiger charge is -2.34. The van der Waals surface area contributed by atoms with Gasteiger partial charge < -0.3 is 19.5 Å². The van der Waals surface area contributed by atoms with E-state index in [0.717, 1.165) is 80.1 Å². The third-order valence-corrected chi connectivity index (χ3v) is 6.00. The van der Waals surface area contributed by atoms with Crippen molar-refractivity contribution < 1.29 is 9.53 Å². The molecule has 3 aliphatic rings. The maximum atomic E-state index is 12.9. The molecule has 4 heterocycles. The number of carbonyl (C=O) groups excluding carboxylic acids is 1. The molecule has 2 fully saturated rings. The number of likely N-dealkylation sites (tertiary alicyclic amines) is 1. The summed E-state index contributed by atoms with van der Waals surface area (Å²) in [5, 5.41) is 0. The molecule has 2 aromatic rings. The van der Waals surface area contributed by atoms with Crippen LogP contribution in [0.5, 0.6) is 0 Å². The van der Waals surface area contributed by atoms with Crippen molar-refractivity contribution in [2.75, 3.05) is 33.4 Å². The smallest absolute Gasteiger partial charge is 0.254 e. The summed E-state index contributed by atoms with van der Waals surface area (Å²) in [5.41, 5.74) is 3.92. The van der Waals surface area contributed by atoms with Crippen molar-refractivity contribution in [1.29, 1.82) is 0 Å². The number of nitrogens with zero attached hydrogens (tertiary/aromatic N) is 3. The number of piperidine rings is 1. The number of ether oxygens (including phenoxy) is 1. The van der Waals surface area contributed by atoms with Crippen LogP contribution >= 0.6 is 0 Å². The van der Waals surface area contributed by atoms with Crippen molar-refractivity contribution in [2.24, 2.45) is 0 Å². The molecule has 0 bridgehead atoms. The first-order valence-electron chi connectivity index (χ1n) is 9.29. The van der Waals surface area contributed by atoms with Crippen LogP contribution in [-0.4, -0.2) is 65.1 Å². The zero-order valence-electron chi connectivity index (χ0n) is 14.6. The van der Waals surface area contributed by atoms with E-state index in [9.17, 15) is 4.79 Å². The molecule has 0 spiro atoms. The van der Waals surface area contributed by atoms with E-state index in [2.05, 4.69) is 27.9 Å². The van der Waals surface area contributed by atoms with Gasteiger partial charge in [-0.25, -0.2) is 4.98 Å². The number of benzene rings is 1. The van der Waals surface area contributed by atoms with E-state index in [-0.39, 0.29) is 5.91 Å². The number of amides is 1. The molecule has 1 unspecified atom stereocenters. The fourth-order valence-electron chi connectivity index (χ4n) is 4.41. The fourth-order valence-corrected chi connectivity index (χ4v) is 4.41. The van der Waals surface area contributed by atoms with Crippen molar-refractivity contribution in [1.82, 2.24) is 19.8 Å². The number of fused-ring (bicyclic) bond motifs is 2. The number of aromatic nitrogens is 2. The molecule has 2 saturated heterocycles. The van der Waals surface area contributed by atoms with E-state index in [1.807, 2.05) is 6.07 Å². The highest BCUT2D eigenvalue weighted by Gasteiger charge is 2.34. The molecule has 0 radical (unpaired) electrons. The van der Waals surface area contributed by atoms with E-state index < -0.39 is 0 Å². The van der Waals surface area contributed by atoms with Crippen LogP contribution in [0.3, 0.4) is 0 Å². The van der Waals surface area contributed by atoms with Gasteiger partial charge in [-0.1, -0.05) is 0 Å². The highest BCUT2D eigenvalue weighted by molar-refractivity contribution is 6.01. The molecule has 25 heavy (non-hydrogen) atoms. The highest BCUT2D eigenvalue weighted by atomic mass is 16.5. The first-order valence-corrected chi connectivity index (χ1v) is 9.29. The molecule has 0 aliphatic carbocycles. The average Bonchev–Trinajstić information content (AvgIpc) is 3.33. The molecule has 1 aromatic heterocycles.